The Kier molecular flexibility index (Phi) is 6.39. The first-order valence-electron chi connectivity index (χ1n) is 5.82. The van der Waals surface area contributed by atoms with Gasteiger partial charge in [-0.3, -0.25) is 0 Å². The van der Waals surface area contributed by atoms with Crippen molar-refractivity contribution in [2.75, 3.05) is 27.3 Å². The van der Waals surface area contributed by atoms with Gasteiger partial charge in [-0.1, -0.05) is 29.8 Å². The van der Waals surface area contributed by atoms with Gasteiger partial charge in [0.05, 0.1) is 12.6 Å². The first-order chi connectivity index (χ1) is 8.57. The van der Waals surface area contributed by atoms with Gasteiger partial charge in [-0.05, 0) is 30.8 Å². The predicted octanol–water partition coefficient (Wildman–Crippen LogP) is 2.85. The summed E-state index contributed by atoms with van der Waals surface area (Å²) in [5.41, 5.74) is 1.07. The number of benzene rings is 1. The summed E-state index contributed by atoms with van der Waals surface area (Å²) in [6.07, 6.45) is 0. The Balaban J connectivity index is 2.63. The van der Waals surface area contributed by atoms with Crippen molar-refractivity contribution in [3.63, 3.8) is 0 Å². The summed E-state index contributed by atoms with van der Waals surface area (Å²) in [5, 5.41) is 4.60. The Morgan fingerprint density at radius 3 is 2.78 bits per heavy atom. The molecule has 0 aromatic heterocycles. The molecular formula is C13H19ClN2OS. The van der Waals surface area contributed by atoms with Gasteiger partial charge in [-0.2, -0.15) is 0 Å². The second-order valence-corrected chi connectivity index (χ2v) is 4.83. The van der Waals surface area contributed by atoms with Crippen LogP contribution in [0.5, 0.6) is 0 Å². The Morgan fingerprint density at radius 2 is 2.17 bits per heavy atom. The summed E-state index contributed by atoms with van der Waals surface area (Å²) in [5.74, 6) is 0. The number of halogens is 1. The number of hydrogen-bond donors (Lipinski definition) is 1. The van der Waals surface area contributed by atoms with Crippen molar-refractivity contribution in [1.82, 2.24) is 10.2 Å². The Bertz CT molecular complexity index is 400. The quantitative estimate of drug-likeness (QED) is 0.664. The van der Waals surface area contributed by atoms with E-state index in [1.54, 1.807) is 7.11 Å². The molecule has 1 N–H and O–H groups in total. The third-order valence-corrected chi connectivity index (χ3v) is 3.62. The minimum atomic E-state index is 0.126. The van der Waals surface area contributed by atoms with Crippen LogP contribution in [-0.4, -0.2) is 37.3 Å². The van der Waals surface area contributed by atoms with E-state index in [0.717, 1.165) is 10.6 Å². The van der Waals surface area contributed by atoms with E-state index in [1.165, 1.54) is 0 Å². The van der Waals surface area contributed by atoms with E-state index in [2.05, 4.69) is 12.2 Å². The highest BCUT2D eigenvalue weighted by atomic mass is 35.5. The fourth-order valence-corrected chi connectivity index (χ4v) is 2.14. The van der Waals surface area contributed by atoms with Gasteiger partial charge in [0.2, 0.25) is 0 Å². The van der Waals surface area contributed by atoms with E-state index < -0.39 is 0 Å². The number of methoxy groups -OCH3 is 1. The molecule has 5 heteroatoms. The summed E-state index contributed by atoms with van der Waals surface area (Å²) in [7, 11) is 3.62. The number of hydrogen-bond acceptors (Lipinski definition) is 2. The highest BCUT2D eigenvalue weighted by Crippen LogP contribution is 2.26. The summed E-state index contributed by atoms with van der Waals surface area (Å²) in [6.45, 7) is 3.41. The molecular weight excluding hydrogens is 268 g/mol. The molecule has 18 heavy (non-hydrogen) atoms. The number of nitrogens with one attached hydrogen (secondary N) is 1. The second-order valence-electron chi connectivity index (χ2n) is 4.03. The number of ether oxygens (including phenoxy) is 1. The maximum atomic E-state index is 6.18. The van der Waals surface area contributed by atoms with Gasteiger partial charge in [-0.15, -0.1) is 0 Å². The number of nitrogens with zero attached hydrogens (tertiary/aromatic N) is 1. The molecule has 0 heterocycles. The SMILES string of the molecule is COCCNC(=S)N(C)C(C)c1ccccc1Cl. The zero-order valence-electron chi connectivity index (χ0n) is 10.9. The van der Waals surface area contributed by atoms with Crippen LogP contribution in [0.2, 0.25) is 5.02 Å². The molecule has 0 aliphatic rings. The van der Waals surface area contributed by atoms with Gasteiger partial charge >= 0.3 is 0 Å². The minimum absolute atomic E-state index is 0.126. The third kappa shape index (κ3) is 4.12. The second kappa shape index (κ2) is 7.56. The lowest BCUT2D eigenvalue weighted by Gasteiger charge is -2.28. The van der Waals surface area contributed by atoms with Gasteiger partial charge in [0, 0.05) is 25.7 Å². The molecule has 0 amide bonds. The van der Waals surface area contributed by atoms with Crippen LogP contribution in [-0.2, 0) is 4.74 Å². The average molecular weight is 287 g/mol. The first kappa shape index (κ1) is 15.2. The van der Waals surface area contributed by atoms with Gasteiger partial charge in [0.1, 0.15) is 0 Å². The van der Waals surface area contributed by atoms with Crippen LogP contribution in [0, 0.1) is 0 Å². The molecule has 0 saturated carbocycles. The lowest BCUT2D eigenvalue weighted by molar-refractivity contribution is 0.202. The molecule has 0 saturated heterocycles. The van der Waals surface area contributed by atoms with E-state index in [1.807, 2.05) is 36.2 Å². The molecule has 0 aliphatic carbocycles. The molecule has 1 aromatic carbocycles. The lowest BCUT2D eigenvalue weighted by Crippen LogP contribution is -2.39. The zero-order chi connectivity index (χ0) is 13.5. The first-order valence-corrected chi connectivity index (χ1v) is 6.60. The smallest absolute Gasteiger partial charge is 0.169 e. The molecule has 0 spiro atoms. The van der Waals surface area contributed by atoms with Crippen molar-refractivity contribution in [1.29, 1.82) is 0 Å². The predicted molar refractivity (Wildman–Crippen MR) is 80.1 cm³/mol. The van der Waals surface area contributed by atoms with Crippen molar-refractivity contribution < 1.29 is 4.74 Å². The highest BCUT2D eigenvalue weighted by molar-refractivity contribution is 7.80. The van der Waals surface area contributed by atoms with E-state index in [-0.39, 0.29) is 6.04 Å². The molecule has 0 aliphatic heterocycles. The van der Waals surface area contributed by atoms with Crippen LogP contribution >= 0.6 is 23.8 Å². The van der Waals surface area contributed by atoms with Gasteiger partial charge < -0.3 is 15.0 Å². The zero-order valence-corrected chi connectivity index (χ0v) is 12.5. The fraction of sp³-hybridized carbons (Fsp3) is 0.462. The van der Waals surface area contributed by atoms with Gasteiger partial charge in [-0.25, -0.2) is 0 Å². The standard InChI is InChI=1S/C13H19ClN2OS/c1-10(11-6-4-5-7-12(11)14)16(2)13(18)15-8-9-17-3/h4-7,10H,8-9H2,1-3H3,(H,15,18). The van der Waals surface area contributed by atoms with Crippen LogP contribution in [0.25, 0.3) is 0 Å². The summed E-state index contributed by atoms with van der Waals surface area (Å²) in [6, 6.07) is 7.94. The molecule has 1 aromatic rings. The fourth-order valence-electron chi connectivity index (χ4n) is 1.58. The van der Waals surface area contributed by atoms with E-state index in [9.17, 15) is 0 Å². The van der Waals surface area contributed by atoms with Crippen LogP contribution < -0.4 is 5.32 Å². The molecule has 1 rings (SSSR count). The van der Waals surface area contributed by atoms with Crippen LogP contribution in [0.4, 0.5) is 0 Å². The van der Waals surface area contributed by atoms with Crippen LogP contribution in [0.3, 0.4) is 0 Å². The average Bonchev–Trinajstić information content (AvgIpc) is 2.38. The normalized spacial score (nSPS) is 12.0. The topological polar surface area (TPSA) is 24.5 Å². The lowest BCUT2D eigenvalue weighted by atomic mass is 10.1. The Hall–Kier alpha value is -0.840. The molecule has 0 bridgehead atoms. The highest BCUT2D eigenvalue weighted by Gasteiger charge is 2.16. The summed E-state index contributed by atoms with van der Waals surface area (Å²) >= 11 is 11.5. The van der Waals surface area contributed by atoms with E-state index >= 15 is 0 Å². The van der Waals surface area contributed by atoms with Crippen molar-refractivity contribution in [2.45, 2.75) is 13.0 Å². The third-order valence-electron chi connectivity index (χ3n) is 2.84. The maximum absolute atomic E-state index is 6.18. The largest absolute Gasteiger partial charge is 0.383 e. The monoisotopic (exact) mass is 286 g/mol. The molecule has 1 unspecified atom stereocenters. The van der Waals surface area contributed by atoms with E-state index in [4.69, 9.17) is 28.6 Å². The minimum Gasteiger partial charge on any atom is -0.383 e. The van der Waals surface area contributed by atoms with Gasteiger partial charge in [0.15, 0.2) is 5.11 Å². The van der Waals surface area contributed by atoms with Gasteiger partial charge in [0.25, 0.3) is 0 Å². The molecule has 0 fully saturated rings. The van der Waals surface area contributed by atoms with Crippen molar-refractivity contribution in [2.24, 2.45) is 0 Å². The summed E-state index contributed by atoms with van der Waals surface area (Å²) < 4.78 is 4.97. The molecule has 3 nitrogen and oxygen atoms in total. The van der Waals surface area contributed by atoms with Crippen molar-refractivity contribution in [3.8, 4) is 0 Å². The maximum Gasteiger partial charge on any atom is 0.169 e. The Morgan fingerprint density at radius 1 is 1.50 bits per heavy atom. The Labute approximate surface area is 119 Å². The number of rotatable bonds is 5. The molecule has 1 atom stereocenters. The molecule has 100 valence electrons. The summed E-state index contributed by atoms with van der Waals surface area (Å²) in [4.78, 5) is 1.99. The van der Waals surface area contributed by atoms with Crippen molar-refractivity contribution >= 4 is 28.9 Å². The molecule has 0 radical (unpaired) electrons. The van der Waals surface area contributed by atoms with Crippen molar-refractivity contribution in [3.05, 3.63) is 34.9 Å². The number of thiocarbonyl (C=S) groups is 1. The van der Waals surface area contributed by atoms with Crippen LogP contribution in [0.1, 0.15) is 18.5 Å². The van der Waals surface area contributed by atoms with Crippen LogP contribution in [0.15, 0.2) is 24.3 Å². The van der Waals surface area contributed by atoms with E-state index in [0.29, 0.717) is 18.3 Å².